The van der Waals surface area contributed by atoms with Crippen molar-refractivity contribution in [3.63, 3.8) is 0 Å². The van der Waals surface area contributed by atoms with Gasteiger partial charge in [0.15, 0.2) is 0 Å². The highest BCUT2D eigenvalue weighted by Crippen LogP contribution is 2.33. The number of hydrogen-bond acceptors (Lipinski definition) is 1. The summed E-state index contributed by atoms with van der Waals surface area (Å²) in [6, 6.07) is 22.2. The maximum atomic E-state index is 6.04. The Kier molecular flexibility index (Phi) is 4.49. The monoisotopic (exact) mass is 265 g/mol. The molecule has 20 heavy (non-hydrogen) atoms. The molecule has 1 aliphatic rings. The first-order chi connectivity index (χ1) is 9.92. The van der Waals surface area contributed by atoms with E-state index in [-0.39, 0.29) is 0 Å². The van der Waals surface area contributed by atoms with Crippen LogP contribution in [0.4, 0.5) is 0 Å². The van der Waals surface area contributed by atoms with Gasteiger partial charge in [-0.15, -0.1) is 0 Å². The van der Waals surface area contributed by atoms with E-state index in [9.17, 15) is 0 Å². The first-order valence-corrected chi connectivity index (χ1v) is 7.54. The van der Waals surface area contributed by atoms with E-state index < -0.39 is 0 Å². The summed E-state index contributed by atoms with van der Waals surface area (Å²) in [5.41, 5.74) is 2.64. The smallest absolute Gasteiger partial charge is 0.0720 e. The normalized spacial score (nSPS) is 22.6. The Morgan fingerprint density at radius 2 is 1.65 bits per heavy atom. The number of ether oxygens (including phenoxy) is 1. The lowest BCUT2D eigenvalue weighted by atomic mass is 9.83. The summed E-state index contributed by atoms with van der Waals surface area (Å²) in [7, 11) is 0. The molecule has 3 rings (SSSR count). The molecule has 103 valence electrons. The number of benzene rings is 2. The molecule has 0 amide bonds. The van der Waals surface area contributed by atoms with Crippen molar-refractivity contribution in [3.05, 3.63) is 71.8 Å². The van der Waals surface area contributed by atoms with Gasteiger partial charge in [-0.1, -0.05) is 54.6 Å². The van der Waals surface area contributed by atoms with Crippen molar-refractivity contribution in [2.45, 2.75) is 44.3 Å². The van der Waals surface area contributed by atoms with Crippen LogP contribution < -0.4 is 0 Å². The Morgan fingerprint density at radius 3 is 2.35 bits per heavy atom. The molecular weight excluding hydrogens is 244 g/mol. The molecule has 0 spiro atoms. The van der Waals surface area contributed by atoms with E-state index in [0.29, 0.717) is 12.0 Å². The molecule has 0 unspecified atom stereocenters. The minimum atomic E-state index is 0.426. The second kappa shape index (κ2) is 6.71. The largest absolute Gasteiger partial charge is 0.374 e. The molecule has 0 aromatic heterocycles. The maximum Gasteiger partial charge on any atom is 0.0720 e. The van der Waals surface area contributed by atoms with Crippen LogP contribution in [0, 0.1) is 6.07 Å². The fourth-order valence-corrected chi connectivity index (χ4v) is 2.99. The quantitative estimate of drug-likeness (QED) is 0.776. The van der Waals surface area contributed by atoms with Crippen LogP contribution in [0.3, 0.4) is 0 Å². The summed E-state index contributed by atoms with van der Waals surface area (Å²) in [4.78, 5) is 0. The van der Waals surface area contributed by atoms with Crippen LogP contribution in [0.2, 0.25) is 0 Å². The third-order valence-electron chi connectivity index (χ3n) is 4.18. The fourth-order valence-electron chi connectivity index (χ4n) is 2.99. The lowest BCUT2D eigenvalue weighted by Gasteiger charge is -2.28. The molecule has 2 aromatic carbocycles. The predicted octanol–water partition coefficient (Wildman–Crippen LogP) is 4.73. The molecule has 1 aliphatic carbocycles. The molecule has 1 heteroatoms. The Bertz CT molecular complexity index is 498. The van der Waals surface area contributed by atoms with E-state index in [1.807, 2.05) is 18.2 Å². The van der Waals surface area contributed by atoms with Crippen molar-refractivity contribution < 1.29 is 4.74 Å². The molecule has 1 radical (unpaired) electrons. The number of hydrogen-bond donors (Lipinski definition) is 0. The van der Waals surface area contributed by atoms with Crippen molar-refractivity contribution in [2.24, 2.45) is 0 Å². The zero-order valence-electron chi connectivity index (χ0n) is 11.8. The van der Waals surface area contributed by atoms with Gasteiger partial charge in [0.05, 0.1) is 12.7 Å². The highest BCUT2D eigenvalue weighted by atomic mass is 16.5. The minimum Gasteiger partial charge on any atom is -0.374 e. The summed E-state index contributed by atoms with van der Waals surface area (Å²) in [5.74, 6) is 0.674. The Balaban J connectivity index is 1.47. The average molecular weight is 265 g/mol. The predicted molar refractivity (Wildman–Crippen MR) is 81.5 cm³/mol. The van der Waals surface area contributed by atoms with Crippen LogP contribution in [0.15, 0.2) is 54.6 Å². The first kappa shape index (κ1) is 13.4. The first-order valence-electron chi connectivity index (χ1n) is 7.54. The van der Waals surface area contributed by atoms with E-state index in [1.54, 1.807) is 0 Å². The molecule has 1 saturated carbocycles. The van der Waals surface area contributed by atoms with Gasteiger partial charge in [-0.3, -0.25) is 0 Å². The Labute approximate surface area is 121 Å². The summed E-state index contributed by atoms with van der Waals surface area (Å²) < 4.78 is 6.04. The van der Waals surface area contributed by atoms with Gasteiger partial charge in [0.1, 0.15) is 0 Å². The summed E-state index contributed by atoms with van der Waals surface area (Å²) in [6.45, 7) is 0.744. The maximum absolute atomic E-state index is 6.04. The molecule has 1 nitrogen and oxygen atoms in total. The van der Waals surface area contributed by atoms with Gasteiger partial charge in [-0.05, 0) is 48.8 Å². The third kappa shape index (κ3) is 3.49. The fraction of sp³-hybridized carbons (Fsp3) is 0.368. The van der Waals surface area contributed by atoms with Gasteiger partial charge in [0.25, 0.3) is 0 Å². The van der Waals surface area contributed by atoms with E-state index in [2.05, 4.69) is 42.5 Å². The van der Waals surface area contributed by atoms with Crippen LogP contribution in [-0.2, 0) is 11.3 Å². The van der Waals surface area contributed by atoms with Crippen molar-refractivity contribution in [3.8, 4) is 0 Å². The van der Waals surface area contributed by atoms with Crippen LogP contribution in [0.1, 0.15) is 42.7 Å². The van der Waals surface area contributed by atoms with E-state index in [0.717, 1.165) is 6.61 Å². The minimum absolute atomic E-state index is 0.426. The van der Waals surface area contributed by atoms with Crippen molar-refractivity contribution in [1.29, 1.82) is 0 Å². The SMILES string of the molecule is [c]1ccccc1C1CCC(OCc2ccccc2)CC1. The second-order valence-corrected chi connectivity index (χ2v) is 5.59. The lowest BCUT2D eigenvalue weighted by Crippen LogP contribution is -2.20. The summed E-state index contributed by atoms with van der Waals surface area (Å²) in [6.07, 6.45) is 5.20. The van der Waals surface area contributed by atoms with Gasteiger partial charge in [-0.2, -0.15) is 0 Å². The topological polar surface area (TPSA) is 9.23 Å². The molecule has 0 aliphatic heterocycles. The standard InChI is InChI=1S/C19H21O/c1-3-7-16(8-4-1)15-20-19-13-11-18(12-14-19)17-9-5-2-6-10-17/h1-9,18-19H,11-15H2. The average Bonchev–Trinajstić information content (AvgIpc) is 2.55. The van der Waals surface area contributed by atoms with Crippen LogP contribution in [0.5, 0.6) is 0 Å². The van der Waals surface area contributed by atoms with Gasteiger partial charge in [-0.25, -0.2) is 0 Å². The molecule has 0 bridgehead atoms. The summed E-state index contributed by atoms with van der Waals surface area (Å²) >= 11 is 0. The number of rotatable bonds is 4. The Hall–Kier alpha value is -1.60. The van der Waals surface area contributed by atoms with Crippen LogP contribution >= 0.6 is 0 Å². The summed E-state index contributed by atoms with van der Waals surface area (Å²) in [5, 5.41) is 0. The van der Waals surface area contributed by atoms with E-state index in [4.69, 9.17) is 4.74 Å². The van der Waals surface area contributed by atoms with Crippen molar-refractivity contribution in [1.82, 2.24) is 0 Å². The van der Waals surface area contributed by atoms with Gasteiger partial charge >= 0.3 is 0 Å². The molecule has 0 atom stereocenters. The zero-order valence-corrected chi connectivity index (χ0v) is 11.8. The molecule has 2 aromatic rings. The molecule has 1 fully saturated rings. The molecule has 0 N–H and O–H groups in total. The van der Waals surface area contributed by atoms with Gasteiger partial charge in [0, 0.05) is 0 Å². The zero-order chi connectivity index (χ0) is 13.6. The van der Waals surface area contributed by atoms with E-state index >= 15 is 0 Å². The highest BCUT2D eigenvalue weighted by molar-refractivity contribution is 5.18. The molecule has 0 heterocycles. The third-order valence-corrected chi connectivity index (χ3v) is 4.18. The van der Waals surface area contributed by atoms with Crippen molar-refractivity contribution in [2.75, 3.05) is 0 Å². The molecular formula is C19H21O. The van der Waals surface area contributed by atoms with Gasteiger partial charge < -0.3 is 4.74 Å². The highest BCUT2D eigenvalue weighted by Gasteiger charge is 2.22. The molecule has 0 saturated heterocycles. The Morgan fingerprint density at radius 1 is 0.900 bits per heavy atom. The second-order valence-electron chi connectivity index (χ2n) is 5.59. The van der Waals surface area contributed by atoms with Crippen LogP contribution in [-0.4, -0.2) is 6.10 Å². The van der Waals surface area contributed by atoms with Gasteiger partial charge in [0.2, 0.25) is 0 Å². The lowest BCUT2D eigenvalue weighted by molar-refractivity contribution is 0.0133. The van der Waals surface area contributed by atoms with E-state index in [1.165, 1.54) is 36.8 Å². The van der Waals surface area contributed by atoms with Crippen LogP contribution in [0.25, 0.3) is 0 Å². The van der Waals surface area contributed by atoms with Crippen molar-refractivity contribution >= 4 is 0 Å².